The highest BCUT2D eigenvalue weighted by atomic mass is 16.5. The standard InChI is InChI=1S/C9H18N2O3/c1-9(3-2-4-14-9)6-11-5-7(10)8(12)13/h7,11H,2-6,10H2,1H3,(H,12,13). The highest BCUT2D eigenvalue weighted by molar-refractivity contribution is 5.73. The van der Waals surface area contributed by atoms with Gasteiger partial charge in [0, 0.05) is 19.7 Å². The first-order valence-corrected chi connectivity index (χ1v) is 4.87. The number of hydrogen-bond acceptors (Lipinski definition) is 4. The zero-order chi connectivity index (χ0) is 10.6. The summed E-state index contributed by atoms with van der Waals surface area (Å²) in [6.07, 6.45) is 2.09. The van der Waals surface area contributed by atoms with Gasteiger partial charge in [0.25, 0.3) is 0 Å². The molecule has 0 aromatic heterocycles. The predicted octanol–water partition coefficient (Wildman–Crippen LogP) is -0.443. The third kappa shape index (κ3) is 3.25. The van der Waals surface area contributed by atoms with Crippen LogP contribution in [0, 0.1) is 0 Å². The molecule has 2 unspecified atom stereocenters. The fourth-order valence-corrected chi connectivity index (χ4v) is 1.56. The lowest BCUT2D eigenvalue weighted by Gasteiger charge is -2.23. The van der Waals surface area contributed by atoms with E-state index in [1.165, 1.54) is 0 Å². The second kappa shape index (κ2) is 4.72. The predicted molar refractivity (Wildman–Crippen MR) is 52.1 cm³/mol. The van der Waals surface area contributed by atoms with E-state index >= 15 is 0 Å². The Morgan fingerprint density at radius 3 is 3.00 bits per heavy atom. The third-order valence-electron chi connectivity index (χ3n) is 2.48. The molecule has 1 aliphatic rings. The first-order valence-electron chi connectivity index (χ1n) is 4.87. The molecule has 5 heteroatoms. The van der Waals surface area contributed by atoms with Crippen molar-refractivity contribution in [2.24, 2.45) is 5.73 Å². The van der Waals surface area contributed by atoms with Gasteiger partial charge in [-0.3, -0.25) is 4.79 Å². The molecule has 0 aliphatic carbocycles. The summed E-state index contributed by atoms with van der Waals surface area (Å²) in [7, 11) is 0. The molecule has 1 aliphatic heterocycles. The minimum atomic E-state index is -0.977. The van der Waals surface area contributed by atoms with Crippen LogP contribution >= 0.6 is 0 Å². The molecule has 82 valence electrons. The van der Waals surface area contributed by atoms with Crippen LogP contribution < -0.4 is 11.1 Å². The molecule has 1 rings (SSSR count). The van der Waals surface area contributed by atoms with E-state index < -0.39 is 12.0 Å². The van der Waals surface area contributed by atoms with E-state index in [-0.39, 0.29) is 12.1 Å². The maximum Gasteiger partial charge on any atom is 0.321 e. The Morgan fingerprint density at radius 1 is 1.79 bits per heavy atom. The molecule has 1 saturated heterocycles. The average Bonchev–Trinajstić information content (AvgIpc) is 2.52. The maximum atomic E-state index is 10.4. The Balaban J connectivity index is 2.17. The quantitative estimate of drug-likeness (QED) is 0.562. The summed E-state index contributed by atoms with van der Waals surface area (Å²) in [5.74, 6) is -0.977. The number of rotatable bonds is 5. The summed E-state index contributed by atoms with van der Waals surface area (Å²) in [5.41, 5.74) is 5.20. The average molecular weight is 202 g/mol. The van der Waals surface area contributed by atoms with E-state index in [1.54, 1.807) is 0 Å². The molecule has 0 bridgehead atoms. The molecule has 14 heavy (non-hydrogen) atoms. The number of carboxylic acid groups (broad SMARTS) is 1. The van der Waals surface area contributed by atoms with Crippen molar-refractivity contribution in [3.05, 3.63) is 0 Å². The molecule has 0 saturated carbocycles. The molecule has 0 aromatic rings. The second-order valence-electron chi connectivity index (χ2n) is 3.98. The normalized spacial score (nSPS) is 29.0. The lowest BCUT2D eigenvalue weighted by molar-refractivity contribution is -0.138. The molecular weight excluding hydrogens is 184 g/mol. The van der Waals surface area contributed by atoms with Crippen molar-refractivity contribution < 1.29 is 14.6 Å². The summed E-state index contributed by atoms with van der Waals surface area (Å²) in [4.78, 5) is 10.4. The molecule has 0 aromatic carbocycles. The van der Waals surface area contributed by atoms with Gasteiger partial charge in [0.1, 0.15) is 6.04 Å². The van der Waals surface area contributed by atoms with E-state index in [4.69, 9.17) is 15.6 Å². The van der Waals surface area contributed by atoms with Gasteiger partial charge in [0.15, 0.2) is 0 Å². The summed E-state index contributed by atoms with van der Waals surface area (Å²) >= 11 is 0. The van der Waals surface area contributed by atoms with Gasteiger partial charge in [-0.2, -0.15) is 0 Å². The Bertz CT molecular complexity index is 202. The highest BCUT2D eigenvalue weighted by Gasteiger charge is 2.29. The van der Waals surface area contributed by atoms with E-state index in [9.17, 15) is 4.79 Å². The number of hydrogen-bond donors (Lipinski definition) is 3. The van der Waals surface area contributed by atoms with Crippen molar-refractivity contribution in [1.82, 2.24) is 5.32 Å². The van der Waals surface area contributed by atoms with E-state index in [0.717, 1.165) is 19.4 Å². The number of nitrogens with one attached hydrogen (secondary N) is 1. The van der Waals surface area contributed by atoms with Crippen molar-refractivity contribution >= 4 is 5.97 Å². The monoisotopic (exact) mass is 202 g/mol. The molecule has 0 radical (unpaired) electrons. The molecule has 1 fully saturated rings. The van der Waals surface area contributed by atoms with Gasteiger partial charge < -0.3 is 20.9 Å². The van der Waals surface area contributed by atoms with Gasteiger partial charge in [0.2, 0.25) is 0 Å². The largest absolute Gasteiger partial charge is 0.480 e. The highest BCUT2D eigenvalue weighted by Crippen LogP contribution is 2.23. The van der Waals surface area contributed by atoms with Crippen LogP contribution in [0.5, 0.6) is 0 Å². The fourth-order valence-electron chi connectivity index (χ4n) is 1.56. The summed E-state index contributed by atoms with van der Waals surface area (Å²) in [5, 5.41) is 11.6. The lowest BCUT2D eigenvalue weighted by Crippen LogP contribution is -2.45. The lowest BCUT2D eigenvalue weighted by atomic mass is 10.0. The number of carboxylic acids is 1. The smallest absolute Gasteiger partial charge is 0.321 e. The van der Waals surface area contributed by atoms with E-state index in [1.807, 2.05) is 6.92 Å². The Hall–Kier alpha value is -0.650. The van der Waals surface area contributed by atoms with Gasteiger partial charge in [-0.1, -0.05) is 0 Å². The first-order chi connectivity index (χ1) is 6.53. The number of ether oxygens (including phenoxy) is 1. The zero-order valence-electron chi connectivity index (χ0n) is 8.45. The second-order valence-corrected chi connectivity index (χ2v) is 3.98. The Labute approximate surface area is 83.6 Å². The number of carbonyl (C=O) groups is 1. The Morgan fingerprint density at radius 2 is 2.50 bits per heavy atom. The third-order valence-corrected chi connectivity index (χ3v) is 2.48. The fraction of sp³-hybridized carbons (Fsp3) is 0.889. The van der Waals surface area contributed by atoms with Crippen LogP contribution in [0.4, 0.5) is 0 Å². The topological polar surface area (TPSA) is 84.6 Å². The van der Waals surface area contributed by atoms with Crippen LogP contribution in [0.15, 0.2) is 0 Å². The van der Waals surface area contributed by atoms with Crippen molar-refractivity contribution in [3.8, 4) is 0 Å². The molecule has 4 N–H and O–H groups in total. The molecule has 1 heterocycles. The summed E-state index contributed by atoms with van der Waals surface area (Å²) < 4.78 is 5.53. The number of nitrogens with two attached hydrogens (primary N) is 1. The Kier molecular flexibility index (Phi) is 3.86. The van der Waals surface area contributed by atoms with Crippen molar-refractivity contribution in [1.29, 1.82) is 0 Å². The van der Waals surface area contributed by atoms with Crippen LogP contribution in [0.25, 0.3) is 0 Å². The molecule has 0 amide bonds. The van der Waals surface area contributed by atoms with E-state index in [2.05, 4.69) is 5.32 Å². The maximum absolute atomic E-state index is 10.4. The van der Waals surface area contributed by atoms with Gasteiger partial charge >= 0.3 is 5.97 Å². The van der Waals surface area contributed by atoms with Crippen LogP contribution in [0.2, 0.25) is 0 Å². The minimum Gasteiger partial charge on any atom is -0.480 e. The van der Waals surface area contributed by atoms with Crippen LogP contribution in [-0.4, -0.2) is 42.4 Å². The zero-order valence-corrected chi connectivity index (χ0v) is 8.45. The van der Waals surface area contributed by atoms with Crippen molar-refractivity contribution in [3.63, 3.8) is 0 Å². The van der Waals surface area contributed by atoms with E-state index in [0.29, 0.717) is 6.54 Å². The first kappa shape index (κ1) is 11.4. The van der Waals surface area contributed by atoms with Gasteiger partial charge in [0.05, 0.1) is 5.60 Å². The van der Waals surface area contributed by atoms with Gasteiger partial charge in [-0.25, -0.2) is 0 Å². The SMILES string of the molecule is CC1(CNCC(N)C(=O)O)CCCO1. The molecular formula is C9H18N2O3. The summed E-state index contributed by atoms with van der Waals surface area (Å²) in [6.45, 7) is 3.77. The number of aliphatic carboxylic acids is 1. The van der Waals surface area contributed by atoms with Crippen molar-refractivity contribution in [2.75, 3.05) is 19.7 Å². The summed E-state index contributed by atoms with van der Waals surface area (Å²) in [6, 6.07) is -0.833. The van der Waals surface area contributed by atoms with Crippen LogP contribution in [-0.2, 0) is 9.53 Å². The van der Waals surface area contributed by atoms with Gasteiger partial charge in [-0.15, -0.1) is 0 Å². The van der Waals surface area contributed by atoms with Crippen LogP contribution in [0.1, 0.15) is 19.8 Å². The van der Waals surface area contributed by atoms with Gasteiger partial charge in [-0.05, 0) is 19.8 Å². The molecule has 2 atom stereocenters. The minimum absolute atomic E-state index is 0.141. The molecule has 5 nitrogen and oxygen atoms in total. The molecule has 0 spiro atoms. The van der Waals surface area contributed by atoms with Crippen LogP contribution in [0.3, 0.4) is 0 Å². The van der Waals surface area contributed by atoms with Crippen molar-refractivity contribution in [2.45, 2.75) is 31.4 Å².